The number of aliphatic carboxylic acids is 1. The number of carboxylic acids is 1. The van der Waals surface area contributed by atoms with Gasteiger partial charge in [0.15, 0.2) is 0 Å². The van der Waals surface area contributed by atoms with Crippen molar-refractivity contribution in [2.75, 3.05) is 0 Å². The molecule has 0 saturated heterocycles. The first-order valence-corrected chi connectivity index (χ1v) is 11.5. The fourth-order valence-corrected chi connectivity index (χ4v) is 8.49. The van der Waals surface area contributed by atoms with Gasteiger partial charge in [-0.2, -0.15) is 0 Å². The van der Waals surface area contributed by atoms with Crippen LogP contribution in [0.4, 0.5) is 0 Å². The Morgan fingerprint density at radius 1 is 1.07 bits per heavy atom. The van der Waals surface area contributed by atoms with Crippen LogP contribution in [0.15, 0.2) is 0 Å². The highest BCUT2D eigenvalue weighted by atomic mass is 16.4. The summed E-state index contributed by atoms with van der Waals surface area (Å²) in [6.45, 7) is 7.23. The number of carboxylic acid groups (broad SMARTS) is 1. The molecule has 3 nitrogen and oxygen atoms in total. The first-order chi connectivity index (χ1) is 12.8. The van der Waals surface area contributed by atoms with E-state index in [0.29, 0.717) is 46.7 Å². The summed E-state index contributed by atoms with van der Waals surface area (Å²) in [6, 6.07) is 0. The number of carbonyl (C=O) groups excluding carboxylic acids is 1. The van der Waals surface area contributed by atoms with Crippen LogP contribution in [-0.2, 0) is 9.59 Å². The second-order valence-electron chi connectivity index (χ2n) is 11.0. The summed E-state index contributed by atoms with van der Waals surface area (Å²) in [5.41, 5.74) is 0.637. The van der Waals surface area contributed by atoms with Gasteiger partial charge in [0.1, 0.15) is 5.78 Å². The quantitative estimate of drug-likeness (QED) is 0.685. The number of carbonyl (C=O) groups is 2. The van der Waals surface area contributed by atoms with Crippen molar-refractivity contribution >= 4 is 11.8 Å². The molecule has 0 aromatic rings. The van der Waals surface area contributed by atoms with E-state index in [4.69, 9.17) is 5.11 Å². The molecule has 4 fully saturated rings. The van der Waals surface area contributed by atoms with Gasteiger partial charge in [0.2, 0.25) is 0 Å². The highest BCUT2D eigenvalue weighted by molar-refractivity contribution is 5.83. The average Bonchev–Trinajstić information content (AvgIpc) is 2.97. The molecule has 0 radical (unpaired) electrons. The zero-order chi connectivity index (χ0) is 19.4. The first kappa shape index (κ1) is 19.5. The molecule has 152 valence electrons. The number of fused-ring (bicyclic) bond motifs is 5. The largest absolute Gasteiger partial charge is 0.481 e. The van der Waals surface area contributed by atoms with Crippen molar-refractivity contribution in [2.24, 2.45) is 46.3 Å². The molecule has 4 saturated carbocycles. The number of Topliss-reactive ketones (excluding diaryl/α,β-unsaturated/α-hetero) is 1. The Morgan fingerprint density at radius 2 is 1.81 bits per heavy atom. The van der Waals surface area contributed by atoms with E-state index >= 15 is 0 Å². The maximum absolute atomic E-state index is 13.3. The lowest BCUT2D eigenvalue weighted by molar-refractivity contribution is -0.156. The molecule has 0 heterocycles. The fraction of sp³-hybridized carbons (Fsp3) is 0.917. The number of ketones is 1. The van der Waals surface area contributed by atoms with E-state index in [-0.39, 0.29) is 11.8 Å². The predicted molar refractivity (Wildman–Crippen MR) is 106 cm³/mol. The number of rotatable bonds is 4. The maximum Gasteiger partial charge on any atom is 0.303 e. The summed E-state index contributed by atoms with van der Waals surface area (Å²) in [5, 5.41) is 9.08. The van der Waals surface area contributed by atoms with Crippen LogP contribution in [0.1, 0.15) is 91.4 Å². The zero-order valence-electron chi connectivity index (χ0n) is 17.5. The SMILES string of the molecule is C[C@@H](CCC(=O)O)[C@H]1CC[C@H]2[C@@H]3C(=O)C[C@@H]4CCCC[C@]4(C)[C@H]3CC[C@]12C. The van der Waals surface area contributed by atoms with Crippen LogP contribution in [-0.4, -0.2) is 16.9 Å². The third-order valence-electron chi connectivity index (χ3n) is 9.96. The molecule has 0 bridgehead atoms. The van der Waals surface area contributed by atoms with Crippen molar-refractivity contribution in [3.8, 4) is 0 Å². The topological polar surface area (TPSA) is 54.4 Å². The molecule has 0 amide bonds. The Morgan fingerprint density at radius 3 is 2.56 bits per heavy atom. The van der Waals surface area contributed by atoms with E-state index in [1.807, 2.05) is 0 Å². The van der Waals surface area contributed by atoms with Crippen molar-refractivity contribution in [1.29, 1.82) is 0 Å². The first-order valence-electron chi connectivity index (χ1n) is 11.5. The molecule has 27 heavy (non-hydrogen) atoms. The van der Waals surface area contributed by atoms with Gasteiger partial charge in [0, 0.05) is 18.8 Å². The molecule has 4 aliphatic rings. The second kappa shape index (κ2) is 6.88. The minimum absolute atomic E-state index is 0.243. The summed E-state index contributed by atoms with van der Waals surface area (Å²) in [6.07, 6.45) is 12.0. The summed E-state index contributed by atoms with van der Waals surface area (Å²) >= 11 is 0. The molecule has 8 atom stereocenters. The minimum Gasteiger partial charge on any atom is -0.481 e. The highest BCUT2D eigenvalue weighted by Gasteiger charge is 2.62. The molecule has 3 heteroatoms. The van der Waals surface area contributed by atoms with Crippen LogP contribution in [0.2, 0.25) is 0 Å². The van der Waals surface area contributed by atoms with Crippen LogP contribution in [0.25, 0.3) is 0 Å². The van der Waals surface area contributed by atoms with E-state index in [1.54, 1.807) is 0 Å². The van der Waals surface area contributed by atoms with Crippen LogP contribution in [0.3, 0.4) is 0 Å². The van der Waals surface area contributed by atoms with Gasteiger partial charge in [-0.15, -0.1) is 0 Å². The molecule has 0 aromatic heterocycles. The lowest BCUT2D eigenvalue weighted by Gasteiger charge is -2.60. The normalized spacial score (nSPS) is 47.7. The molecule has 4 rings (SSSR count). The van der Waals surface area contributed by atoms with E-state index in [2.05, 4.69) is 20.8 Å². The summed E-state index contributed by atoms with van der Waals surface area (Å²) in [7, 11) is 0. The zero-order valence-corrected chi connectivity index (χ0v) is 17.5. The highest BCUT2D eigenvalue weighted by Crippen LogP contribution is 2.67. The van der Waals surface area contributed by atoms with Crippen LogP contribution < -0.4 is 0 Å². The second-order valence-corrected chi connectivity index (χ2v) is 11.0. The smallest absolute Gasteiger partial charge is 0.303 e. The Balaban J connectivity index is 1.57. The van der Waals surface area contributed by atoms with E-state index in [1.165, 1.54) is 51.4 Å². The predicted octanol–water partition coefficient (Wildman–Crippen LogP) is 5.72. The summed E-state index contributed by atoms with van der Waals surface area (Å²) < 4.78 is 0. The van der Waals surface area contributed by atoms with Crippen LogP contribution in [0, 0.1) is 46.3 Å². The van der Waals surface area contributed by atoms with E-state index in [9.17, 15) is 9.59 Å². The van der Waals surface area contributed by atoms with Crippen molar-refractivity contribution in [3.05, 3.63) is 0 Å². The molecule has 4 aliphatic carbocycles. The number of hydrogen-bond donors (Lipinski definition) is 1. The van der Waals surface area contributed by atoms with Gasteiger partial charge >= 0.3 is 5.97 Å². The van der Waals surface area contributed by atoms with Gasteiger partial charge in [-0.05, 0) is 85.4 Å². The van der Waals surface area contributed by atoms with Gasteiger partial charge < -0.3 is 5.11 Å². The Bertz CT molecular complexity index is 613. The molecular formula is C24H38O3. The molecule has 0 aliphatic heterocycles. The molecule has 0 spiro atoms. The minimum atomic E-state index is -0.677. The lowest BCUT2D eigenvalue weighted by atomic mass is 9.44. The van der Waals surface area contributed by atoms with Crippen LogP contribution in [0.5, 0.6) is 0 Å². The van der Waals surface area contributed by atoms with Crippen molar-refractivity contribution in [3.63, 3.8) is 0 Å². The van der Waals surface area contributed by atoms with Gasteiger partial charge in [-0.1, -0.05) is 33.6 Å². The summed E-state index contributed by atoms with van der Waals surface area (Å²) in [5.74, 6) is 3.02. The van der Waals surface area contributed by atoms with Crippen molar-refractivity contribution in [1.82, 2.24) is 0 Å². The maximum atomic E-state index is 13.3. The Hall–Kier alpha value is -0.860. The Labute approximate surface area is 164 Å². The van der Waals surface area contributed by atoms with Gasteiger partial charge in [-0.25, -0.2) is 0 Å². The lowest BCUT2D eigenvalue weighted by Crippen LogP contribution is -2.56. The van der Waals surface area contributed by atoms with Gasteiger partial charge in [0.25, 0.3) is 0 Å². The van der Waals surface area contributed by atoms with Gasteiger partial charge in [-0.3, -0.25) is 9.59 Å². The standard InChI is InChI=1S/C24H38O3/c1-15(7-10-21(26)27)17-8-9-18-22-19(11-13-24(17,18)3)23(2)12-5-4-6-16(23)14-20(22)25/h15-19,22H,4-14H2,1-3H3,(H,26,27)/t15-,16-,17+,18-,19-,22-,23-,24+/m0/s1. The van der Waals surface area contributed by atoms with Crippen molar-refractivity contribution in [2.45, 2.75) is 91.4 Å². The van der Waals surface area contributed by atoms with Gasteiger partial charge in [0.05, 0.1) is 0 Å². The monoisotopic (exact) mass is 374 g/mol. The Kier molecular flexibility index (Phi) is 4.96. The molecule has 0 unspecified atom stereocenters. The third-order valence-corrected chi connectivity index (χ3v) is 9.96. The molecule has 1 N–H and O–H groups in total. The van der Waals surface area contributed by atoms with Crippen molar-refractivity contribution < 1.29 is 14.7 Å². The average molecular weight is 375 g/mol. The van der Waals surface area contributed by atoms with E-state index in [0.717, 1.165) is 12.8 Å². The van der Waals surface area contributed by atoms with Crippen LogP contribution >= 0.6 is 0 Å². The molecular weight excluding hydrogens is 336 g/mol. The fourth-order valence-electron chi connectivity index (χ4n) is 8.49. The molecule has 0 aromatic carbocycles. The third kappa shape index (κ3) is 2.99. The number of hydrogen-bond acceptors (Lipinski definition) is 2. The van der Waals surface area contributed by atoms with E-state index < -0.39 is 5.97 Å². The summed E-state index contributed by atoms with van der Waals surface area (Å²) in [4.78, 5) is 24.4.